The van der Waals surface area contributed by atoms with Gasteiger partial charge in [-0.05, 0) is 22.3 Å². The van der Waals surface area contributed by atoms with E-state index in [-0.39, 0.29) is 0 Å². The van der Waals surface area contributed by atoms with Crippen LogP contribution in [0.4, 0.5) is 9.59 Å². The van der Waals surface area contributed by atoms with Gasteiger partial charge in [0, 0.05) is 7.05 Å². The number of carbonyl (C=O) groups excluding carboxylic acids is 4. The fourth-order valence-corrected chi connectivity index (χ4v) is 5.56. The summed E-state index contributed by atoms with van der Waals surface area (Å²) in [5, 5.41) is 28.7. The molecule has 2 saturated heterocycles. The van der Waals surface area contributed by atoms with Crippen LogP contribution in [-0.2, 0) is 20.7 Å². The molecule has 6 rings (SSSR count). The summed E-state index contributed by atoms with van der Waals surface area (Å²) in [5.41, 5.74) is -0.761. The van der Waals surface area contributed by atoms with Crippen molar-refractivity contribution in [3.8, 4) is 0 Å². The first kappa shape index (κ1) is 29.2. The standard InChI is InChI=1S/C17H16N2O3.C16H14N2O3/c1-19-16(22)18-15(21)17(19,13-10-6-3-7-11-13)14(20)12-8-4-2-5-9-12;19-13(11-7-3-1-4-8-11)16(12-9-5-2-6-10-12)14(20)17-15(21)18-16/h2-11,14,20H,1H3,(H,18,21,22);1-10,13,19H,(H2,17,18,20,21). The van der Waals surface area contributed by atoms with Crippen LogP contribution < -0.4 is 16.0 Å². The van der Waals surface area contributed by atoms with E-state index < -0.39 is 47.2 Å². The highest BCUT2D eigenvalue weighted by Gasteiger charge is 2.58. The maximum Gasteiger partial charge on any atom is 0.325 e. The quantitative estimate of drug-likeness (QED) is 0.222. The molecule has 6 amide bonds. The molecule has 4 aromatic rings. The third kappa shape index (κ3) is 5.03. The third-order valence-corrected chi connectivity index (χ3v) is 7.78. The summed E-state index contributed by atoms with van der Waals surface area (Å²) in [6, 6.07) is 34.1. The molecule has 0 spiro atoms. The van der Waals surface area contributed by atoms with Gasteiger partial charge in [0.1, 0.15) is 12.2 Å². The summed E-state index contributed by atoms with van der Waals surface area (Å²) in [7, 11) is 1.51. The Labute approximate surface area is 248 Å². The summed E-state index contributed by atoms with van der Waals surface area (Å²) < 4.78 is 0. The maximum absolute atomic E-state index is 12.6. The molecular weight excluding hydrogens is 548 g/mol. The molecule has 2 heterocycles. The van der Waals surface area contributed by atoms with Gasteiger partial charge in [-0.3, -0.25) is 20.2 Å². The highest BCUT2D eigenvalue weighted by Crippen LogP contribution is 2.43. The SMILES string of the molecule is CN1C(=O)NC(=O)C1(c1ccccc1)C(O)c1ccccc1.O=C1NC(=O)C(c2ccccc2)(C(O)c2ccccc2)N1. The Kier molecular flexibility index (Phi) is 8.07. The Bertz CT molecular complexity index is 1620. The highest BCUT2D eigenvalue weighted by molar-refractivity contribution is 6.08. The molecule has 218 valence electrons. The monoisotopic (exact) mass is 578 g/mol. The maximum atomic E-state index is 12.6. The van der Waals surface area contributed by atoms with E-state index in [1.807, 2.05) is 18.2 Å². The second-order valence-electron chi connectivity index (χ2n) is 10.2. The van der Waals surface area contributed by atoms with E-state index in [9.17, 15) is 29.4 Å². The molecule has 0 aromatic heterocycles. The lowest BCUT2D eigenvalue weighted by Gasteiger charge is -2.37. The van der Waals surface area contributed by atoms with E-state index in [2.05, 4.69) is 16.0 Å². The topological polar surface area (TPSA) is 148 Å². The minimum atomic E-state index is -1.51. The number of aliphatic hydroxyl groups is 2. The summed E-state index contributed by atoms with van der Waals surface area (Å²) in [5.74, 6) is -1.09. The zero-order chi connectivity index (χ0) is 30.6. The molecule has 2 aliphatic rings. The van der Waals surface area contributed by atoms with Crippen LogP contribution in [0.1, 0.15) is 34.5 Å². The van der Waals surface area contributed by atoms with Crippen LogP contribution in [0.5, 0.6) is 0 Å². The second-order valence-corrected chi connectivity index (χ2v) is 10.2. The molecule has 10 heteroatoms. The molecule has 0 aliphatic carbocycles. The number of aliphatic hydroxyl groups excluding tert-OH is 2. The van der Waals surface area contributed by atoms with E-state index >= 15 is 0 Å². The number of benzene rings is 4. The number of nitrogens with zero attached hydrogens (tertiary/aromatic N) is 1. The van der Waals surface area contributed by atoms with Crippen molar-refractivity contribution >= 4 is 23.9 Å². The molecule has 0 saturated carbocycles. The lowest BCUT2D eigenvalue weighted by molar-refractivity contribution is -0.133. The van der Waals surface area contributed by atoms with Gasteiger partial charge >= 0.3 is 12.1 Å². The zero-order valence-corrected chi connectivity index (χ0v) is 23.2. The van der Waals surface area contributed by atoms with Gasteiger partial charge in [-0.2, -0.15) is 0 Å². The average molecular weight is 579 g/mol. The van der Waals surface area contributed by atoms with Gasteiger partial charge in [-0.1, -0.05) is 121 Å². The molecule has 10 nitrogen and oxygen atoms in total. The lowest BCUT2D eigenvalue weighted by Crippen LogP contribution is -2.49. The molecular formula is C33H30N4O6. The normalized spacial score (nSPS) is 22.5. The van der Waals surface area contributed by atoms with Crippen molar-refractivity contribution < 1.29 is 29.4 Å². The average Bonchev–Trinajstić information content (AvgIpc) is 3.48. The minimum absolute atomic E-state index is 0.524. The zero-order valence-electron chi connectivity index (χ0n) is 23.2. The van der Waals surface area contributed by atoms with E-state index in [1.54, 1.807) is 103 Å². The van der Waals surface area contributed by atoms with E-state index in [4.69, 9.17) is 0 Å². The molecule has 2 aliphatic heterocycles. The van der Waals surface area contributed by atoms with Gasteiger partial charge < -0.3 is 20.4 Å². The Morgan fingerprint density at radius 2 is 1.02 bits per heavy atom. The number of urea groups is 2. The van der Waals surface area contributed by atoms with Crippen molar-refractivity contribution in [2.75, 3.05) is 7.05 Å². The Balaban J connectivity index is 0.000000171. The summed E-state index contributed by atoms with van der Waals surface area (Å²) >= 11 is 0. The van der Waals surface area contributed by atoms with Crippen LogP contribution in [0.15, 0.2) is 121 Å². The lowest BCUT2D eigenvalue weighted by atomic mass is 9.80. The van der Waals surface area contributed by atoms with Gasteiger partial charge in [-0.15, -0.1) is 0 Å². The first-order valence-corrected chi connectivity index (χ1v) is 13.5. The van der Waals surface area contributed by atoms with Crippen molar-refractivity contribution in [2.45, 2.75) is 23.3 Å². The van der Waals surface area contributed by atoms with Crippen molar-refractivity contribution in [1.82, 2.24) is 20.9 Å². The number of hydrogen-bond acceptors (Lipinski definition) is 6. The van der Waals surface area contributed by atoms with Crippen molar-refractivity contribution in [2.24, 2.45) is 0 Å². The number of hydrogen-bond donors (Lipinski definition) is 5. The summed E-state index contributed by atoms with van der Waals surface area (Å²) in [6.45, 7) is 0. The first-order valence-electron chi connectivity index (χ1n) is 13.5. The predicted octanol–water partition coefficient (Wildman–Crippen LogP) is 3.25. The molecule has 4 aromatic carbocycles. The fourth-order valence-electron chi connectivity index (χ4n) is 5.56. The number of carbonyl (C=O) groups is 4. The largest absolute Gasteiger partial charge is 0.385 e. The smallest absolute Gasteiger partial charge is 0.325 e. The molecule has 0 bridgehead atoms. The van der Waals surface area contributed by atoms with Crippen LogP contribution >= 0.6 is 0 Å². The predicted molar refractivity (Wildman–Crippen MR) is 157 cm³/mol. The number of amides is 6. The number of nitrogens with one attached hydrogen (secondary N) is 3. The molecule has 43 heavy (non-hydrogen) atoms. The van der Waals surface area contributed by atoms with Gasteiger partial charge in [-0.25, -0.2) is 9.59 Å². The molecule has 0 radical (unpaired) electrons. The van der Waals surface area contributed by atoms with E-state index in [0.717, 1.165) is 0 Å². The number of imide groups is 2. The molecule has 4 atom stereocenters. The van der Waals surface area contributed by atoms with Gasteiger partial charge in [0.25, 0.3) is 11.8 Å². The Morgan fingerprint density at radius 3 is 1.44 bits per heavy atom. The molecule has 5 N–H and O–H groups in total. The summed E-state index contributed by atoms with van der Waals surface area (Å²) in [6.07, 6.45) is -2.36. The van der Waals surface area contributed by atoms with Crippen molar-refractivity contribution in [3.63, 3.8) is 0 Å². The summed E-state index contributed by atoms with van der Waals surface area (Å²) in [4.78, 5) is 49.8. The Hall–Kier alpha value is -5.32. The Morgan fingerprint density at radius 1 is 0.581 bits per heavy atom. The number of rotatable bonds is 6. The van der Waals surface area contributed by atoms with Gasteiger partial charge in [0.2, 0.25) is 0 Å². The van der Waals surface area contributed by atoms with Crippen LogP contribution in [0.2, 0.25) is 0 Å². The van der Waals surface area contributed by atoms with E-state index in [0.29, 0.717) is 22.3 Å². The first-order chi connectivity index (χ1) is 20.7. The number of likely N-dealkylation sites (N-methyl/N-ethyl adjacent to an activating group) is 1. The van der Waals surface area contributed by atoms with Crippen LogP contribution in [-0.4, -0.2) is 46.0 Å². The molecule has 4 unspecified atom stereocenters. The minimum Gasteiger partial charge on any atom is -0.385 e. The van der Waals surface area contributed by atoms with Crippen LogP contribution in [0.3, 0.4) is 0 Å². The second kappa shape index (κ2) is 11.9. The van der Waals surface area contributed by atoms with Crippen LogP contribution in [0.25, 0.3) is 0 Å². The van der Waals surface area contributed by atoms with Gasteiger partial charge in [0.05, 0.1) is 0 Å². The highest BCUT2D eigenvalue weighted by atomic mass is 16.3. The van der Waals surface area contributed by atoms with E-state index in [1.165, 1.54) is 11.9 Å². The third-order valence-electron chi connectivity index (χ3n) is 7.78. The van der Waals surface area contributed by atoms with Crippen molar-refractivity contribution in [3.05, 3.63) is 144 Å². The van der Waals surface area contributed by atoms with Crippen LogP contribution in [0, 0.1) is 0 Å². The fraction of sp³-hybridized carbons (Fsp3) is 0.152. The van der Waals surface area contributed by atoms with Crippen molar-refractivity contribution in [1.29, 1.82) is 0 Å². The van der Waals surface area contributed by atoms with Gasteiger partial charge in [0.15, 0.2) is 11.1 Å². The molecule has 2 fully saturated rings.